The molecule has 4 aromatic heterocycles. The van der Waals surface area contributed by atoms with Crippen molar-refractivity contribution in [1.82, 2.24) is 9.97 Å². The Kier molecular flexibility index (Phi) is 25.4. The summed E-state index contributed by atoms with van der Waals surface area (Å²) in [5.41, 5.74) is 13.4. The Morgan fingerprint density at radius 1 is 0.597 bits per heavy atom. The van der Waals surface area contributed by atoms with Gasteiger partial charge in [-0.25, -0.2) is 4.39 Å². The molecule has 6 nitrogen and oxygen atoms in total. The molecule has 2 radical (unpaired) electrons. The van der Waals surface area contributed by atoms with Crippen LogP contribution in [-0.2, 0) is 49.8 Å². The number of aryl methyl sites for hydroxylation is 4. The molecule has 11 heteroatoms. The molecular weight excluding hydrogens is 1350 g/mol. The number of aliphatic hydroxyl groups is 2. The number of fused-ring (bicyclic) bond motifs is 2. The van der Waals surface area contributed by atoms with Crippen LogP contribution in [0.3, 0.4) is 0 Å². The minimum atomic E-state index is -0.214. The fourth-order valence-corrected chi connectivity index (χ4v) is 11.1. The van der Waals surface area contributed by atoms with Crippen molar-refractivity contribution in [1.29, 1.82) is 0 Å². The topological polar surface area (TPSA) is 100 Å². The number of carbonyl (C=O) groups excluding carboxylic acids is 2. The van der Waals surface area contributed by atoms with E-state index >= 15 is 0 Å². The van der Waals surface area contributed by atoms with Gasteiger partial charge in [-0.05, 0) is 85.8 Å². The minimum absolute atomic E-state index is 0. The van der Waals surface area contributed by atoms with Crippen LogP contribution >= 0.6 is 22.7 Å². The monoisotopic (exact) mass is 1420 g/mol. The molecule has 404 valence electrons. The van der Waals surface area contributed by atoms with Crippen molar-refractivity contribution < 1.29 is 64.4 Å². The van der Waals surface area contributed by atoms with Gasteiger partial charge < -0.3 is 20.2 Å². The number of aliphatic hydroxyl groups excluding tert-OH is 2. The van der Waals surface area contributed by atoms with Crippen molar-refractivity contribution in [3.8, 4) is 54.5 Å². The molecule has 77 heavy (non-hydrogen) atoms. The van der Waals surface area contributed by atoms with Gasteiger partial charge in [-0.3, -0.25) is 9.59 Å². The number of pyridine rings is 2. The average Bonchev–Trinajstić information content (AvgIpc) is 3.99. The molecule has 0 spiro atoms. The van der Waals surface area contributed by atoms with Gasteiger partial charge in [0.2, 0.25) is 0 Å². The van der Waals surface area contributed by atoms with Crippen molar-refractivity contribution in [3.05, 3.63) is 204 Å². The van der Waals surface area contributed by atoms with Crippen molar-refractivity contribution >= 4 is 54.4 Å². The molecule has 0 fully saturated rings. The normalized spacial score (nSPS) is 11.1. The number of rotatable bonds is 13. The Balaban J connectivity index is 0.000000241. The van der Waals surface area contributed by atoms with Crippen LogP contribution in [0.4, 0.5) is 4.39 Å². The first-order valence-corrected chi connectivity index (χ1v) is 27.2. The summed E-state index contributed by atoms with van der Waals surface area (Å²) in [6, 6.07) is 49.6. The number of benzene rings is 5. The first-order valence-electron chi connectivity index (χ1n) is 25.5. The van der Waals surface area contributed by atoms with E-state index in [4.69, 9.17) is 10.1 Å². The zero-order valence-corrected chi connectivity index (χ0v) is 51.8. The van der Waals surface area contributed by atoms with Crippen molar-refractivity contribution in [3.63, 3.8) is 0 Å². The Bertz CT molecular complexity index is 3370. The summed E-state index contributed by atoms with van der Waals surface area (Å²) in [5.74, 6) is 0.271. The fourth-order valence-electron chi connectivity index (χ4n) is 8.80. The van der Waals surface area contributed by atoms with Gasteiger partial charge in [-0.15, -0.1) is 92.5 Å². The summed E-state index contributed by atoms with van der Waals surface area (Å²) in [6.45, 7) is 19.3. The molecule has 0 atom stereocenters. The van der Waals surface area contributed by atoms with Crippen molar-refractivity contribution in [2.24, 2.45) is 11.8 Å². The van der Waals surface area contributed by atoms with E-state index in [9.17, 15) is 19.1 Å². The maximum Gasteiger partial charge on any atom is 0.162 e. The summed E-state index contributed by atoms with van der Waals surface area (Å²) in [4.78, 5) is 33.6. The maximum absolute atomic E-state index is 13.1. The van der Waals surface area contributed by atoms with Crippen molar-refractivity contribution in [2.45, 2.75) is 94.9 Å². The molecule has 9 aromatic rings. The second kappa shape index (κ2) is 30.8. The van der Waals surface area contributed by atoms with Crippen LogP contribution in [-0.4, -0.2) is 31.7 Å². The standard InChI is InChI=1S/C27H20NS.C21H15FNS.C13H24O2.C5H8O2.2Ir/c1-18-13-19(2)15-22(14-18)24-16-25-23(17-28-24)26(20-9-5-3-6-10-20)27(29-25)21-11-7-4-8-12-21;1-13-7-14(2)9-16(8-13)19-11-21-17(12-23-19)10-20(24-21)15-3-5-18(22)6-4-15;1-5-10(6-2)12(14)9-13(15)11(7-3)8-4;1-4(6)3-5(2)7;;/h3-14,16-17H,1-2H3;3-8,10-12H,1-2H3;9-11,14H,5-8H2,1-4H3;3,6H,1-2H3;;/q2*-1;;;;. The number of ketones is 2. The minimum Gasteiger partial charge on any atom is -0.512 e. The van der Waals surface area contributed by atoms with Crippen LogP contribution in [0.2, 0.25) is 0 Å². The average molecular weight is 1420 g/mol. The quantitative estimate of drug-likeness (QED) is 0.0678. The smallest absolute Gasteiger partial charge is 0.162 e. The SMILES string of the molecule is CC(=O)C=C(C)O.CCC(CC)C(=O)C=C(O)C(CC)CC.Cc1[c-]c(-c2cc3sc(-c4ccc(F)cc4)cc3cn2)cc(C)c1.Cc1[c-]c(-c2cc3sc(-c4ccccc4)c(-c4ccccc4)c3cn2)cc(C)c1.[Ir].[Ir]. The Morgan fingerprint density at radius 3 is 1.58 bits per heavy atom. The number of aromatic nitrogens is 2. The molecule has 0 saturated carbocycles. The van der Waals surface area contributed by atoms with E-state index in [1.54, 1.807) is 11.3 Å². The molecule has 0 aliphatic carbocycles. The van der Waals surface area contributed by atoms with Gasteiger partial charge >= 0.3 is 0 Å². The van der Waals surface area contributed by atoms with E-state index in [1.165, 1.54) is 85.6 Å². The molecule has 0 aliphatic rings. The van der Waals surface area contributed by atoms with Crippen LogP contribution < -0.4 is 0 Å². The van der Waals surface area contributed by atoms with Crippen LogP contribution in [0.5, 0.6) is 0 Å². The van der Waals surface area contributed by atoms with E-state index < -0.39 is 0 Å². The molecule has 2 N–H and O–H groups in total. The van der Waals surface area contributed by atoms with Gasteiger partial charge in [0.05, 0.1) is 11.5 Å². The van der Waals surface area contributed by atoms with E-state index in [-0.39, 0.29) is 80.9 Å². The summed E-state index contributed by atoms with van der Waals surface area (Å²) < 4.78 is 15.5. The first-order chi connectivity index (χ1) is 36.0. The van der Waals surface area contributed by atoms with Gasteiger partial charge in [-0.1, -0.05) is 140 Å². The number of hydrogen-bond acceptors (Lipinski definition) is 8. The summed E-state index contributed by atoms with van der Waals surface area (Å²) in [7, 11) is 0. The molecule has 0 amide bonds. The molecule has 9 rings (SSSR count). The second-order valence-corrected chi connectivity index (χ2v) is 20.9. The summed E-state index contributed by atoms with van der Waals surface area (Å²) >= 11 is 3.53. The molecular formula is C66H67FIr2N2O4S2-2. The molecule has 5 aromatic carbocycles. The number of carbonyl (C=O) groups is 2. The zero-order chi connectivity index (χ0) is 54.2. The predicted molar refractivity (Wildman–Crippen MR) is 314 cm³/mol. The first kappa shape index (κ1) is 63.5. The van der Waals surface area contributed by atoms with E-state index in [2.05, 4.69) is 141 Å². The third kappa shape index (κ3) is 18.0. The maximum atomic E-state index is 13.1. The largest absolute Gasteiger partial charge is 0.512 e. The zero-order valence-electron chi connectivity index (χ0n) is 45.4. The van der Waals surface area contributed by atoms with Gasteiger partial charge in [0.15, 0.2) is 11.6 Å². The Labute approximate surface area is 490 Å². The predicted octanol–water partition coefficient (Wildman–Crippen LogP) is 18.8. The number of allylic oxidation sites excluding steroid dienone is 4. The summed E-state index contributed by atoms with van der Waals surface area (Å²) in [5, 5.41) is 20.4. The van der Waals surface area contributed by atoms with Crippen molar-refractivity contribution in [2.75, 3.05) is 0 Å². The van der Waals surface area contributed by atoms with E-state index in [1.807, 2.05) is 70.5 Å². The third-order valence-corrected chi connectivity index (χ3v) is 14.9. The van der Waals surface area contributed by atoms with E-state index in [0.29, 0.717) is 0 Å². The third-order valence-electron chi connectivity index (χ3n) is 12.5. The molecule has 0 saturated heterocycles. The van der Waals surface area contributed by atoms with E-state index in [0.717, 1.165) is 75.2 Å². The van der Waals surface area contributed by atoms with Crippen LogP contribution in [0.25, 0.3) is 74.7 Å². The van der Waals surface area contributed by atoms with Gasteiger partial charge in [0.1, 0.15) is 5.82 Å². The second-order valence-electron chi connectivity index (χ2n) is 18.7. The number of hydrogen-bond donors (Lipinski definition) is 2. The number of thiophene rings is 2. The molecule has 4 heterocycles. The summed E-state index contributed by atoms with van der Waals surface area (Å²) in [6.07, 6.45) is 10.0. The van der Waals surface area contributed by atoms with Gasteiger partial charge in [0.25, 0.3) is 0 Å². The Morgan fingerprint density at radius 2 is 1.10 bits per heavy atom. The van der Waals surface area contributed by atoms with Gasteiger partial charge in [-0.2, -0.15) is 0 Å². The fraction of sp³-hybridized carbons (Fsp3) is 0.242. The number of halogens is 1. The molecule has 0 unspecified atom stereocenters. The molecule has 0 bridgehead atoms. The molecule has 0 aliphatic heterocycles. The Hall–Kier alpha value is -6.03. The number of nitrogens with zero attached hydrogens (tertiary/aromatic N) is 2. The van der Waals surface area contributed by atoms with Crippen LogP contribution in [0.1, 0.15) is 89.5 Å². The van der Waals surface area contributed by atoms with Crippen LogP contribution in [0, 0.1) is 57.5 Å². The van der Waals surface area contributed by atoms with Crippen LogP contribution in [0.15, 0.2) is 163 Å². The van der Waals surface area contributed by atoms with Gasteiger partial charge in [0, 0.05) is 112 Å².